The van der Waals surface area contributed by atoms with Crippen LogP contribution in [-0.2, 0) is 0 Å². The van der Waals surface area contributed by atoms with Crippen molar-refractivity contribution in [1.82, 2.24) is 0 Å². The molecule has 0 atom stereocenters. The van der Waals surface area contributed by atoms with Crippen LogP contribution in [-0.4, -0.2) is 5.91 Å². The SMILES string of the molecule is Cc1ccc(Br)cc1NC(=O)c1cc(S)ccc1C. The predicted molar refractivity (Wildman–Crippen MR) is 85.3 cm³/mol. The largest absolute Gasteiger partial charge is 0.322 e. The third kappa shape index (κ3) is 3.39. The van der Waals surface area contributed by atoms with E-state index in [1.54, 1.807) is 6.07 Å². The molecule has 2 aromatic rings. The van der Waals surface area contributed by atoms with Crippen molar-refractivity contribution in [3.8, 4) is 0 Å². The molecule has 0 aliphatic heterocycles. The molecular formula is C15H14BrNOS. The van der Waals surface area contributed by atoms with E-state index < -0.39 is 0 Å². The fourth-order valence-electron chi connectivity index (χ4n) is 1.77. The van der Waals surface area contributed by atoms with Crippen LogP contribution < -0.4 is 5.32 Å². The molecule has 4 heteroatoms. The summed E-state index contributed by atoms with van der Waals surface area (Å²) in [5.41, 5.74) is 3.41. The van der Waals surface area contributed by atoms with Gasteiger partial charge in [0.25, 0.3) is 5.91 Å². The minimum atomic E-state index is -0.116. The Balaban J connectivity index is 2.30. The number of hydrogen-bond donors (Lipinski definition) is 2. The summed E-state index contributed by atoms with van der Waals surface area (Å²) in [5.74, 6) is -0.116. The predicted octanol–water partition coefficient (Wildman–Crippen LogP) is 4.61. The van der Waals surface area contributed by atoms with Crippen molar-refractivity contribution in [3.63, 3.8) is 0 Å². The van der Waals surface area contributed by atoms with Gasteiger partial charge in [-0.15, -0.1) is 12.6 Å². The lowest BCUT2D eigenvalue weighted by Crippen LogP contribution is -2.14. The summed E-state index contributed by atoms with van der Waals surface area (Å²) < 4.78 is 0.938. The molecule has 0 fully saturated rings. The average molecular weight is 336 g/mol. The van der Waals surface area contributed by atoms with Gasteiger partial charge in [-0.05, 0) is 49.2 Å². The molecule has 0 bridgehead atoms. The van der Waals surface area contributed by atoms with Gasteiger partial charge in [-0.1, -0.05) is 28.1 Å². The van der Waals surface area contributed by atoms with Crippen molar-refractivity contribution in [3.05, 3.63) is 57.6 Å². The van der Waals surface area contributed by atoms with Crippen molar-refractivity contribution in [2.75, 3.05) is 5.32 Å². The van der Waals surface area contributed by atoms with Crippen LogP contribution in [0.5, 0.6) is 0 Å². The molecule has 98 valence electrons. The minimum absolute atomic E-state index is 0.116. The second kappa shape index (κ2) is 5.80. The van der Waals surface area contributed by atoms with Crippen LogP contribution in [0.2, 0.25) is 0 Å². The Bertz CT molecular complexity index is 640. The van der Waals surface area contributed by atoms with E-state index in [2.05, 4.69) is 33.9 Å². The molecule has 0 heterocycles. The normalized spacial score (nSPS) is 10.3. The van der Waals surface area contributed by atoms with Crippen LogP contribution in [0.15, 0.2) is 45.8 Å². The van der Waals surface area contributed by atoms with E-state index in [4.69, 9.17) is 0 Å². The topological polar surface area (TPSA) is 29.1 Å². The Hall–Kier alpha value is -1.26. The lowest BCUT2D eigenvalue weighted by Gasteiger charge is -2.11. The van der Waals surface area contributed by atoms with E-state index in [1.165, 1.54) is 0 Å². The van der Waals surface area contributed by atoms with Gasteiger partial charge in [-0.25, -0.2) is 0 Å². The quantitative estimate of drug-likeness (QED) is 0.771. The third-order valence-corrected chi connectivity index (χ3v) is 3.69. The maximum absolute atomic E-state index is 12.3. The number of rotatable bonds is 2. The monoisotopic (exact) mass is 335 g/mol. The second-order valence-corrected chi connectivity index (χ2v) is 5.84. The van der Waals surface area contributed by atoms with Crippen molar-refractivity contribution >= 4 is 40.2 Å². The van der Waals surface area contributed by atoms with Crippen LogP contribution in [0.4, 0.5) is 5.69 Å². The second-order valence-electron chi connectivity index (χ2n) is 4.41. The summed E-state index contributed by atoms with van der Waals surface area (Å²) in [7, 11) is 0. The van der Waals surface area contributed by atoms with Crippen LogP contribution in [0, 0.1) is 13.8 Å². The zero-order valence-corrected chi connectivity index (χ0v) is 13.2. The van der Waals surface area contributed by atoms with E-state index in [-0.39, 0.29) is 5.91 Å². The van der Waals surface area contributed by atoms with Crippen LogP contribution >= 0.6 is 28.6 Å². The van der Waals surface area contributed by atoms with Crippen LogP contribution in [0.3, 0.4) is 0 Å². The van der Waals surface area contributed by atoms with Crippen molar-refractivity contribution in [2.24, 2.45) is 0 Å². The summed E-state index contributed by atoms with van der Waals surface area (Å²) >= 11 is 7.68. The molecule has 0 spiro atoms. The fraction of sp³-hybridized carbons (Fsp3) is 0.133. The summed E-state index contributed by atoms with van der Waals surface area (Å²) in [5, 5.41) is 2.93. The Labute approximate surface area is 126 Å². The molecule has 19 heavy (non-hydrogen) atoms. The Morgan fingerprint density at radius 3 is 2.53 bits per heavy atom. The molecule has 0 aliphatic carbocycles. The molecule has 0 aromatic heterocycles. The highest BCUT2D eigenvalue weighted by atomic mass is 79.9. The number of nitrogens with one attached hydrogen (secondary N) is 1. The van der Waals surface area contributed by atoms with Gasteiger partial charge in [0.15, 0.2) is 0 Å². The first-order valence-corrected chi connectivity index (χ1v) is 7.08. The number of amides is 1. The van der Waals surface area contributed by atoms with Gasteiger partial charge >= 0.3 is 0 Å². The number of hydrogen-bond acceptors (Lipinski definition) is 2. The standard InChI is InChI=1S/C15H14BrNOS/c1-9-4-6-12(19)8-13(9)15(18)17-14-7-11(16)5-3-10(14)2/h3-8,19H,1-2H3,(H,17,18). The van der Waals surface area contributed by atoms with Gasteiger partial charge in [0.05, 0.1) is 0 Å². The number of thiol groups is 1. The first-order valence-electron chi connectivity index (χ1n) is 5.84. The van der Waals surface area contributed by atoms with E-state index in [0.29, 0.717) is 5.56 Å². The summed E-state index contributed by atoms with van der Waals surface area (Å²) in [4.78, 5) is 13.1. The average Bonchev–Trinajstić information content (AvgIpc) is 2.36. The van der Waals surface area contributed by atoms with Gasteiger partial charge in [-0.2, -0.15) is 0 Å². The Kier molecular flexibility index (Phi) is 4.32. The third-order valence-electron chi connectivity index (χ3n) is 2.91. The van der Waals surface area contributed by atoms with Gasteiger partial charge in [0.1, 0.15) is 0 Å². The summed E-state index contributed by atoms with van der Waals surface area (Å²) in [6, 6.07) is 11.4. The molecule has 0 radical (unpaired) electrons. The molecule has 0 aliphatic rings. The molecule has 2 aromatic carbocycles. The van der Waals surface area contributed by atoms with Crippen LogP contribution in [0.25, 0.3) is 0 Å². The van der Waals surface area contributed by atoms with Gasteiger partial charge in [-0.3, -0.25) is 4.79 Å². The number of carbonyl (C=O) groups is 1. The van der Waals surface area contributed by atoms with E-state index >= 15 is 0 Å². The molecule has 1 N–H and O–H groups in total. The summed E-state index contributed by atoms with van der Waals surface area (Å²) in [6.07, 6.45) is 0. The molecule has 1 amide bonds. The van der Waals surface area contributed by atoms with E-state index in [1.807, 2.05) is 44.2 Å². The molecule has 0 saturated heterocycles. The van der Waals surface area contributed by atoms with E-state index in [0.717, 1.165) is 26.2 Å². The minimum Gasteiger partial charge on any atom is -0.322 e. The van der Waals surface area contributed by atoms with Crippen molar-refractivity contribution in [1.29, 1.82) is 0 Å². The smallest absolute Gasteiger partial charge is 0.255 e. The van der Waals surface area contributed by atoms with Crippen molar-refractivity contribution in [2.45, 2.75) is 18.7 Å². The highest BCUT2D eigenvalue weighted by molar-refractivity contribution is 9.10. The molecule has 2 nitrogen and oxygen atoms in total. The van der Waals surface area contributed by atoms with Crippen molar-refractivity contribution < 1.29 is 4.79 Å². The lowest BCUT2D eigenvalue weighted by molar-refractivity contribution is 0.102. The number of anilines is 1. The zero-order chi connectivity index (χ0) is 14.0. The summed E-state index contributed by atoms with van der Waals surface area (Å²) in [6.45, 7) is 3.87. The number of aryl methyl sites for hydroxylation is 2. The Morgan fingerprint density at radius 2 is 1.79 bits per heavy atom. The first kappa shape index (κ1) is 14.2. The zero-order valence-electron chi connectivity index (χ0n) is 10.7. The first-order chi connectivity index (χ1) is 8.97. The van der Waals surface area contributed by atoms with Gasteiger partial charge < -0.3 is 5.32 Å². The fourth-order valence-corrected chi connectivity index (χ4v) is 2.34. The highest BCUT2D eigenvalue weighted by Gasteiger charge is 2.11. The highest BCUT2D eigenvalue weighted by Crippen LogP contribution is 2.22. The Morgan fingerprint density at radius 1 is 1.11 bits per heavy atom. The lowest BCUT2D eigenvalue weighted by atomic mass is 10.1. The van der Waals surface area contributed by atoms with E-state index in [9.17, 15) is 4.79 Å². The van der Waals surface area contributed by atoms with Crippen LogP contribution in [0.1, 0.15) is 21.5 Å². The molecule has 0 saturated carbocycles. The molecule has 0 unspecified atom stereocenters. The number of carbonyl (C=O) groups excluding carboxylic acids is 1. The maximum Gasteiger partial charge on any atom is 0.255 e. The number of halogens is 1. The number of benzene rings is 2. The van der Waals surface area contributed by atoms with Gasteiger partial charge in [0, 0.05) is 20.6 Å². The van der Waals surface area contributed by atoms with Gasteiger partial charge in [0.2, 0.25) is 0 Å². The molecule has 2 rings (SSSR count). The maximum atomic E-state index is 12.3. The molecular weight excluding hydrogens is 322 g/mol.